The van der Waals surface area contributed by atoms with E-state index in [1.54, 1.807) is 37.9 Å². The standard InChI is InChI=1S/C15H18FN3O3/c1-10(2)19-14(21)13(20)18(15(19)22)9-17(3)8-11-4-6-12(16)7-5-11/h4-7,10H,8-9H2,1-3H3. The van der Waals surface area contributed by atoms with E-state index in [4.69, 9.17) is 0 Å². The molecular weight excluding hydrogens is 289 g/mol. The van der Waals surface area contributed by atoms with E-state index >= 15 is 0 Å². The molecule has 0 atom stereocenters. The summed E-state index contributed by atoms with van der Waals surface area (Å²) in [4.78, 5) is 39.4. The van der Waals surface area contributed by atoms with E-state index in [1.807, 2.05) is 0 Å². The third-order valence-electron chi connectivity index (χ3n) is 3.35. The first kappa shape index (κ1) is 16.1. The lowest BCUT2D eigenvalue weighted by molar-refractivity contribution is -0.144. The van der Waals surface area contributed by atoms with Gasteiger partial charge in [0, 0.05) is 12.6 Å². The van der Waals surface area contributed by atoms with Crippen molar-refractivity contribution in [2.24, 2.45) is 0 Å². The zero-order valence-corrected chi connectivity index (χ0v) is 12.7. The van der Waals surface area contributed by atoms with Gasteiger partial charge in [-0.25, -0.2) is 14.1 Å². The van der Waals surface area contributed by atoms with E-state index < -0.39 is 17.8 Å². The lowest BCUT2D eigenvalue weighted by Gasteiger charge is -2.23. The van der Waals surface area contributed by atoms with Gasteiger partial charge >= 0.3 is 17.8 Å². The Hall–Kier alpha value is -2.28. The summed E-state index contributed by atoms with van der Waals surface area (Å²) < 4.78 is 12.9. The van der Waals surface area contributed by atoms with Crippen LogP contribution in [0.1, 0.15) is 19.4 Å². The number of hydrogen-bond donors (Lipinski definition) is 0. The number of carbonyl (C=O) groups excluding carboxylic acids is 3. The molecule has 6 nitrogen and oxygen atoms in total. The minimum atomic E-state index is -0.815. The van der Waals surface area contributed by atoms with Crippen molar-refractivity contribution >= 4 is 17.8 Å². The third kappa shape index (κ3) is 3.14. The number of carbonyl (C=O) groups is 3. The fraction of sp³-hybridized carbons (Fsp3) is 0.400. The van der Waals surface area contributed by atoms with Crippen molar-refractivity contribution in [2.75, 3.05) is 13.7 Å². The zero-order valence-electron chi connectivity index (χ0n) is 12.7. The van der Waals surface area contributed by atoms with Gasteiger partial charge in [0.05, 0.1) is 6.67 Å². The van der Waals surface area contributed by atoms with E-state index in [0.29, 0.717) is 6.54 Å². The topological polar surface area (TPSA) is 60.9 Å². The number of urea groups is 1. The molecule has 1 fully saturated rings. The first-order valence-corrected chi connectivity index (χ1v) is 6.93. The lowest BCUT2D eigenvalue weighted by Crippen LogP contribution is -2.41. The molecule has 22 heavy (non-hydrogen) atoms. The molecule has 0 aliphatic carbocycles. The molecular formula is C15H18FN3O3. The van der Waals surface area contributed by atoms with E-state index in [2.05, 4.69) is 0 Å². The van der Waals surface area contributed by atoms with E-state index in [0.717, 1.165) is 15.4 Å². The van der Waals surface area contributed by atoms with Gasteiger partial charge in [0.25, 0.3) is 0 Å². The minimum Gasteiger partial charge on any atom is -0.284 e. The van der Waals surface area contributed by atoms with Gasteiger partial charge in [-0.15, -0.1) is 0 Å². The van der Waals surface area contributed by atoms with Crippen molar-refractivity contribution in [3.8, 4) is 0 Å². The van der Waals surface area contributed by atoms with Gasteiger partial charge in [0.1, 0.15) is 5.82 Å². The maximum Gasteiger partial charge on any atom is 0.335 e. The smallest absolute Gasteiger partial charge is 0.284 e. The lowest BCUT2D eigenvalue weighted by atomic mass is 10.2. The Balaban J connectivity index is 2.03. The number of rotatable bonds is 5. The van der Waals surface area contributed by atoms with Gasteiger partial charge in [-0.05, 0) is 38.6 Å². The van der Waals surface area contributed by atoms with Crippen molar-refractivity contribution in [3.05, 3.63) is 35.6 Å². The number of halogens is 1. The summed E-state index contributed by atoms with van der Waals surface area (Å²) >= 11 is 0. The molecule has 1 saturated heterocycles. The number of imide groups is 2. The van der Waals surface area contributed by atoms with E-state index in [-0.39, 0.29) is 18.5 Å². The van der Waals surface area contributed by atoms with Crippen LogP contribution in [-0.4, -0.2) is 52.3 Å². The highest BCUT2D eigenvalue weighted by atomic mass is 19.1. The monoisotopic (exact) mass is 307 g/mol. The molecule has 0 N–H and O–H groups in total. The van der Waals surface area contributed by atoms with Crippen molar-refractivity contribution in [1.82, 2.24) is 14.7 Å². The molecule has 0 radical (unpaired) electrons. The molecule has 7 heteroatoms. The van der Waals surface area contributed by atoms with Crippen LogP contribution in [0.5, 0.6) is 0 Å². The Morgan fingerprint density at radius 3 is 2.18 bits per heavy atom. The second-order valence-corrected chi connectivity index (χ2v) is 5.57. The number of hydrogen-bond acceptors (Lipinski definition) is 4. The van der Waals surface area contributed by atoms with E-state index in [9.17, 15) is 18.8 Å². The largest absolute Gasteiger partial charge is 0.335 e. The van der Waals surface area contributed by atoms with Crippen LogP contribution in [0.15, 0.2) is 24.3 Å². The van der Waals surface area contributed by atoms with Crippen LogP contribution >= 0.6 is 0 Å². The first-order valence-electron chi connectivity index (χ1n) is 6.93. The fourth-order valence-corrected chi connectivity index (χ4v) is 2.30. The molecule has 1 aromatic carbocycles. The predicted molar refractivity (Wildman–Crippen MR) is 77.0 cm³/mol. The van der Waals surface area contributed by atoms with Crippen molar-refractivity contribution in [3.63, 3.8) is 0 Å². The molecule has 0 saturated carbocycles. The summed E-state index contributed by atoms with van der Waals surface area (Å²) in [6.45, 7) is 3.78. The predicted octanol–water partition coefficient (Wildman–Crippen LogP) is 1.41. The number of benzene rings is 1. The summed E-state index contributed by atoms with van der Waals surface area (Å²) in [6, 6.07) is 4.99. The van der Waals surface area contributed by atoms with Gasteiger partial charge in [-0.1, -0.05) is 12.1 Å². The van der Waals surface area contributed by atoms with Crippen molar-refractivity contribution < 1.29 is 18.8 Å². The third-order valence-corrected chi connectivity index (χ3v) is 3.35. The Kier molecular flexibility index (Phi) is 4.56. The molecule has 0 unspecified atom stereocenters. The molecule has 1 aromatic rings. The Morgan fingerprint density at radius 1 is 1.09 bits per heavy atom. The SMILES string of the molecule is CC(C)N1C(=O)C(=O)N(CN(C)Cc2ccc(F)cc2)C1=O. The normalized spacial score (nSPS) is 15.6. The van der Waals surface area contributed by atoms with Crippen LogP contribution in [0.4, 0.5) is 9.18 Å². The van der Waals surface area contributed by atoms with Crippen LogP contribution in [0.25, 0.3) is 0 Å². The van der Waals surface area contributed by atoms with Crippen LogP contribution < -0.4 is 0 Å². The molecule has 0 spiro atoms. The van der Waals surface area contributed by atoms with E-state index in [1.165, 1.54) is 12.1 Å². The molecule has 0 aromatic heterocycles. The summed E-state index contributed by atoms with van der Waals surface area (Å²) in [6.07, 6.45) is 0. The maximum absolute atomic E-state index is 12.9. The second kappa shape index (κ2) is 6.23. The molecule has 1 aliphatic rings. The molecule has 1 heterocycles. The second-order valence-electron chi connectivity index (χ2n) is 5.57. The average molecular weight is 307 g/mol. The summed E-state index contributed by atoms with van der Waals surface area (Å²) in [5.41, 5.74) is 0.843. The highest BCUT2D eigenvalue weighted by Crippen LogP contribution is 2.16. The molecule has 2 rings (SSSR count). The van der Waals surface area contributed by atoms with Crippen LogP contribution in [-0.2, 0) is 16.1 Å². The summed E-state index contributed by atoms with van der Waals surface area (Å²) in [5, 5.41) is 0. The van der Waals surface area contributed by atoms with Gasteiger partial charge in [0.2, 0.25) is 0 Å². The highest BCUT2D eigenvalue weighted by molar-refractivity contribution is 6.44. The molecule has 1 aliphatic heterocycles. The van der Waals surface area contributed by atoms with Crippen molar-refractivity contribution in [1.29, 1.82) is 0 Å². The number of amides is 4. The Bertz CT molecular complexity index is 601. The van der Waals surface area contributed by atoms with Crippen LogP contribution in [0.2, 0.25) is 0 Å². The van der Waals surface area contributed by atoms with Gasteiger partial charge < -0.3 is 0 Å². The van der Waals surface area contributed by atoms with Crippen LogP contribution in [0, 0.1) is 5.82 Å². The summed E-state index contributed by atoms with van der Waals surface area (Å²) in [5.74, 6) is -1.94. The number of nitrogens with zero attached hydrogens (tertiary/aromatic N) is 3. The molecule has 118 valence electrons. The van der Waals surface area contributed by atoms with Crippen molar-refractivity contribution in [2.45, 2.75) is 26.4 Å². The van der Waals surface area contributed by atoms with Crippen LogP contribution in [0.3, 0.4) is 0 Å². The first-order chi connectivity index (χ1) is 10.3. The highest BCUT2D eigenvalue weighted by Gasteiger charge is 2.45. The van der Waals surface area contributed by atoms with Gasteiger partial charge in [0.15, 0.2) is 0 Å². The average Bonchev–Trinajstić information content (AvgIpc) is 2.65. The van der Waals surface area contributed by atoms with Gasteiger partial charge in [-0.2, -0.15) is 0 Å². The maximum atomic E-state index is 12.9. The molecule has 0 bridgehead atoms. The minimum absolute atomic E-state index is 0.00397. The fourth-order valence-electron chi connectivity index (χ4n) is 2.30. The van der Waals surface area contributed by atoms with Gasteiger partial charge in [-0.3, -0.25) is 19.4 Å². The zero-order chi connectivity index (χ0) is 16.4. The Labute approximate surface area is 128 Å². The summed E-state index contributed by atoms with van der Waals surface area (Å²) in [7, 11) is 1.71. The Morgan fingerprint density at radius 2 is 1.68 bits per heavy atom. The molecule has 4 amide bonds. The quantitative estimate of drug-likeness (QED) is 0.609.